The topological polar surface area (TPSA) is 37.4 Å². The van der Waals surface area contributed by atoms with Crippen molar-refractivity contribution in [2.75, 3.05) is 31.4 Å². The molecule has 4 nitrogen and oxygen atoms in total. The normalized spacial score (nSPS) is 16.2. The van der Waals surface area contributed by atoms with Crippen molar-refractivity contribution in [3.8, 4) is 5.88 Å². The molecule has 0 spiro atoms. The highest BCUT2D eigenvalue weighted by Crippen LogP contribution is 2.39. The smallest absolute Gasteiger partial charge is 0.239 e. The van der Waals surface area contributed by atoms with E-state index in [1.807, 2.05) is 20.2 Å². The first-order valence-electron chi connectivity index (χ1n) is 6.64. The fourth-order valence-corrected chi connectivity index (χ4v) is 2.33. The third-order valence-electron chi connectivity index (χ3n) is 3.53. The maximum absolute atomic E-state index is 5.38. The highest BCUT2D eigenvalue weighted by Gasteiger charge is 2.31. The Labute approximate surface area is 109 Å². The van der Waals surface area contributed by atoms with Gasteiger partial charge in [0.05, 0.1) is 12.8 Å². The van der Waals surface area contributed by atoms with Crippen LogP contribution in [0.1, 0.15) is 26.2 Å². The van der Waals surface area contributed by atoms with Gasteiger partial charge in [0.2, 0.25) is 5.88 Å². The van der Waals surface area contributed by atoms with Crippen LogP contribution in [0.3, 0.4) is 0 Å². The number of anilines is 2. The molecular formula is C14H23N3O. The second-order valence-electron chi connectivity index (χ2n) is 5.11. The molecule has 1 aliphatic rings. The summed E-state index contributed by atoms with van der Waals surface area (Å²) in [6.07, 6.45) is 5.60. The molecule has 1 aromatic rings. The predicted octanol–water partition coefficient (Wildman–Crippen LogP) is 2.76. The molecule has 1 unspecified atom stereocenters. The molecule has 2 rings (SSSR count). The Kier molecular flexibility index (Phi) is 3.94. The van der Waals surface area contributed by atoms with Crippen LogP contribution in [0.4, 0.5) is 11.4 Å². The molecule has 0 radical (unpaired) electrons. The quantitative estimate of drug-likeness (QED) is 0.841. The van der Waals surface area contributed by atoms with Gasteiger partial charge in [-0.3, -0.25) is 0 Å². The number of rotatable bonds is 6. The number of aromatic nitrogens is 1. The van der Waals surface area contributed by atoms with Gasteiger partial charge in [-0.05, 0) is 31.2 Å². The Morgan fingerprint density at radius 3 is 2.72 bits per heavy atom. The molecule has 18 heavy (non-hydrogen) atoms. The maximum atomic E-state index is 5.38. The van der Waals surface area contributed by atoms with Crippen LogP contribution in [0.2, 0.25) is 0 Å². The van der Waals surface area contributed by atoms with Crippen molar-refractivity contribution in [1.82, 2.24) is 4.98 Å². The maximum Gasteiger partial charge on any atom is 0.239 e. The zero-order valence-electron chi connectivity index (χ0n) is 11.7. The van der Waals surface area contributed by atoms with Gasteiger partial charge in [0.25, 0.3) is 0 Å². The van der Waals surface area contributed by atoms with Gasteiger partial charge in [0.1, 0.15) is 5.69 Å². The molecule has 1 N–H and O–H groups in total. The van der Waals surface area contributed by atoms with Gasteiger partial charge in [-0.1, -0.05) is 6.92 Å². The number of methoxy groups -OCH3 is 1. The standard InChI is InChI=1S/C14H23N3O/c1-5-11(10-6-7-10)16-13-12(17(2)3)8-9-15-14(13)18-4/h8-11,16H,5-7H2,1-4H3. The second-order valence-corrected chi connectivity index (χ2v) is 5.11. The summed E-state index contributed by atoms with van der Waals surface area (Å²) in [5.41, 5.74) is 2.14. The summed E-state index contributed by atoms with van der Waals surface area (Å²) < 4.78 is 5.38. The number of pyridine rings is 1. The van der Waals surface area contributed by atoms with E-state index in [-0.39, 0.29) is 0 Å². The van der Waals surface area contributed by atoms with E-state index in [4.69, 9.17) is 4.74 Å². The summed E-state index contributed by atoms with van der Waals surface area (Å²) in [7, 11) is 5.75. The highest BCUT2D eigenvalue weighted by atomic mass is 16.5. The Morgan fingerprint density at radius 1 is 1.50 bits per heavy atom. The summed E-state index contributed by atoms with van der Waals surface area (Å²) in [5.74, 6) is 1.50. The Balaban J connectivity index is 2.27. The minimum Gasteiger partial charge on any atom is -0.479 e. The van der Waals surface area contributed by atoms with Gasteiger partial charge in [-0.25, -0.2) is 4.98 Å². The van der Waals surface area contributed by atoms with Crippen LogP contribution in [0.5, 0.6) is 5.88 Å². The first-order chi connectivity index (χ1) is 8.67. The fraction of sp³-hybridized carbons (Fsp3) is 0.643. The summed E-state index contributed by atoms with van der Waals surface area (Å²) in [4.78, 5) is 6.39. The van der Waals surface area contributed by atoms with Crippen molar-refractivity contribution in [3.05, 3.63) is 12.3 Å². The third kappa shape index (κ3) is 2.68. The molecule has 0 bridgehead atoms. The van der Waals surface area contributed by atoms with Gasteiger partial charge in [0, 0.05) is 26.3 Å². The first-order valence-corrected chi connectivity index (χ1v) is 6.64. The average Bonchev–Trinajstić information content (AvgIpc) is 3.19. The summed E-state index contributed by atoms with van der Waals surface area (Å²) >= 11 is 0. The molecular weight excluding hydrogens is 226 g/mol. The lowest BCUT2D eigenvalue weighted by Crippen LogP contribution is -2.23. The molecule has 1 aromatic heterocycles. The molecule has 1 fully saturated rings. The Bertz CT molecular complexity index is 402. The van der Waals surface area contributed by atoms with Gasteiger partial charge >= 0.3 is 0 Å². The largest absolute Gasteiger partial charge is 0.479 e. The number of nitrogens with zero attached hydrogens (tertiary/aromatic N) is 2. The summed E-state index contributed by atoms with van der Waals surface area (Å²) in [6.45, 7) is 2.23. The Hall–Kier alpha value is -1.45. The molecule has 0 aromatic carbocycles. The van der Waals surface area contributed by atoms with E-state index in [0.717, 1.165) is 23.7 Å². The first kappa shape index (κ1) is 13.0. The molecule has 1 saturated carbocycles. The number of nitrogens with one attached hydrogen (secondary N) is 1. The zero-order valence-corrected chi connectivity index (χ0v) is 11.7. The third-order valence-corrected chi connectivity index (χ3v) is 3.53. The molecule has 0 amide bonds. The van der Waals surface area contributed by atoms with E-state index in [2.05, 4.69) is 22.1 Å². The van der Waals surface area contributed by atoms with Gasteiger partial charge in [-0.2, -0.15) is 0 Å². The van der Waals surface area contributed by atoms with Crippen LogP contribution in [0.15, 0.2) is 12.3 Å². The zero-order chi connectivity index (χ0) is 13.1. The van der Waals surface area contributed by atoms with Crippen LogP contribution in [-0.4, -0.2) is 32.2 Å². The number of ether oxygens (including phenoxy) is 1. The predicted molar refractivity (Wildman–Crippen MR) is 75.5 cm³/mol. The van der Waals surface area contributed by atoms with Crippen molar-refractivity contribution >= 4 is 11.4 Å². The SMILES string of the molecule is CCC(Nc1c(N(C)C)ccnc1OC)C1CC1. The molecule has 1 atom stereocenters. The molecule has 0 aliphatic heterocycles. The van der Waals surface area contributed by atoms with Crippen LogP contribution < -0.4 is 15.0 Å². The number of hydrogen-bond donors (Lipinski definition) is 1. The summed E-state index contributed by atoms with van der Waals surface area (Å²) in [5, 5.41) is 3.63. The highest BCUT2D eigenvalue weighted by molar-refractivity contribution is 5.74. The van der Waals surface area contributed by atoms with E-state index in [1.54, 1.807) is 13.3 Å². The molecule has 1 aliphatic carbocycles. The van der Waals surface area contributed by atoms with E-state index < -0.39 is 0 Å². The molecule has 100 valence electrons. The van der Waals surface area contributed by atoms with Gasteiger partial charge in [-0.15, -0.1) is 0 Å². The molecule has 0 saturated heterocycles. The van der Waals surface area contributed by atoms with E-state index >= 15 is 0 Å². The lowest BCUT2D eigenvalue weighted by molar-refractivity contribution is 0.399. The minimum absolute atomic E-state index is 0.529. The van der Waals surface area contributed by atoms with Crippen molar-refractivity contribution in [1.29, 1.82) is 0 Å². The van der Waals surface area contributed by atoms with Crippen molar-refractivity contribution in [2.45, 2.75) is 32.2 Å². The van der Waals surface area contributed by atoms with Crippen molar-refractivity contribution < 1.29 is 4.74 Å². The second kappa shape index (κ2) is 5.46. The van der Waals surface area contributed by atoms with Crippen LogP contribution in [-0.2, 0) is 0 Å². The lowest BCUT2D eigenvalue weighted by Gasteiger charge is -2.24. The Morgan fingerprint density at radius 2 is 2.22 bits per heavy atom. The fourth-order valence-electron chi connectivity index (χ4n) is 2.33. The summed E-state index contributed by atoms with van der Waals surface area (Å²) in [6, 6.07) is 2.55. The van der Waals surface area contributed by atoms with E-state index in [0.29, 0.717) is 11.9 Å². The van der Waals surface area contributed by atoms with Crippen molar-refractivity contribution in [2.24, 2.45) is 5.92 Å². The minimum atomic E-state index is 0.529. The van der Waals surface area contributed by atoms with Crippen LogP contribution in [0, 0.1) is 5.92 Å². The van der Waals surface area contributed by atoms with E-state index in [1.165, 1.54) is 12.8 Å². The van der Waals surface area contributed by atoms with E-state index in [9.17, 15) is 0 Å². The van der Waals surface area contributed by atoms with Gasteiger partial charge < -0.3 is 15.0 Å². The average molecular weight is 249 g/mol. The van der Waals surface area contributed by atoms with Gasteiger partial charge in [0.15, 0.2) is 0 Å². The molecule has 1 heterocycles. The van der Waals surface area contributed by atoms with Crippen LogP contribution in [0.25, 0.3) is 0 Å². The van der Waals surface area contributed by atoms with Crippen LogP contribution >= 0.6 is 0 Å². The van der Waals surface area contributed by atoms with Crippen molar-refractivity contribution in [3.63, 3.8) is 0 Å². The molecule has 4 heteroatoms. The lowest BCUT2D eigenvalue weighted by atomic mass is 10.1. The monoisotopic (exact) mass is 249 g/mol. The number of hydrogen-bond acceptors (Lipinski definition) is 4.